The highest BCUT2D eigenvalue weighted by Crippen LogP contribution is 2.21. The Balaban J connectivity index is 2.61. The third kappa shape index (κ3) is 5.03. The molecule has 1 amide bonds. The van der Waals surface area contributed by atoms with Gasteiger partial charge in [-0.05, 0) is 24.8 Å². The van der Waals surface area contributed by atoms with Gasteiger partial charge in [0.05, 0.1) is 0 Å². The molecule has 0 aromatic heterocycles. The maximum absolute atomic E-state index is 12.3. The van der Waals surface area contributed by atoms with Crippen LogP contribution in [0.2, 0.25) is 0 Å². The average molecular weight is 288 g/mol. The van der Waals surface area contributed by atoms with Crippen LogP contribution in [0, 0.1) is 11.8 Å². The van der Waals surface area contributed by atoms with E-state index in [0.29, 0.717) is 31.2 Å². The number of nitrogens with zero attached hydrogens (tertiary/aromatic N) is 1. The fourth-order valence-corrected chi connectivity index (χ4v) is 3.44. The molecule has 1 heterocycles. The summed E-state index contributed by atoms with van der Waals surface area (Å²) in [6.45, 7) is 5.21. The first-order valence-corrected chi connectivity index (χ1v) is 7.91. The van der Waals surface area contributed by atoms with E-state index in [1.165, 1.54) is 4.90 Å². The monoisotopic (exact) mass is 288 g/mol. The molecule has 1 aliphatic rings. The van der Waals surface area contributed by atoms with Crippen molar-refractivity contribution in [2.45, 2.75) is 32.7 Å². The number of thioether (sulfide) groups is 1. The van der Waals surface area contributed by atoms with Crippen LogP contribution in [0.1, 0.15) is 26.7 Å². The van der Waals surface area contributed by atoms with E-state index in [9.17, 15) is 9.59 Å². The largest absolute Gasteiger partial charge is 0.480 e. The summed E-state index contributed by atoms with van der Waals surface area (Å²) in [7, 11) is 0. The van der Waals surface area contributed by atoms with Crippen LogP contribution in [-0.2, 0) is 9.59 Å². The number of nitrogens with two attached hydrogens (primary N) is 1. The summed E-state index contributed by atoms with van der Waals surface area (Å²) >= 11 is 1.59. The van der Waals surface area contributed by atoms with E-state index in [-0.39, 0.29) is 11.8 Å². The molecule has 110 valence electrons. The highest BCUT2D eigenvalue weighted by atomic mass is 32.2. The van der Waals surface area contributed by atoms with Crippen molar-refractivity contribution < 1.29 is 14.7 Å². The lowest BCUT2D eigenvalue weighted by atomic mass is 9.93. The number of carboxylic acid groups (broad SMARTS) is 1. The van der Waals surface area contributed by atoms with Gasteiger partial charge in [0.15, 0.2) is 0 Å². The summed E-state index contributed by atoms with van der Waals surface area (Å²) in [5.74, 6) is 0.966. The number of carbonyl (C=O) groups is 2. The molecular formula is C13H24N2O3S. The van der Waals surface area contributed by atoms with E-state index in [2.05, 4.69) is 13.8 Å². The predicted octanol–water partition coefficient (Wildman–Crippen LogP) is 1.03. The molecule has 0 aromatic carbocycles. The van der Waals surface area contributed by atoms with Crippen LogP contribution < -0.4 is 5.73 Å². The van der Waals surface area contributed by atoms with Crippen LogP contribution in [0.25, 0.3) is 0 Å². The number of hydrogen-bond acceptors (Lipinski definition) is 4. The van der Waals surface area contributed by atoms with Gasteiger partial charge in [0.2, 0.25) is 5.91 Å². The lowest BCUT2D eigenvalue weighted by molar-refractivity contribution is -0.149. The first-order chi connectivity index (χ1) is 8.95. The molecule has 6 heteroatoms. The molecule has 1 rings (SSSR count). The predicted molar refractivity (Wildman–Crippen MR) is 77.1 cm³/mol. The Morgan fingerprint density at radius 1 is 1.47 bits per heavy atom. The van der Waals surface area contributed by atoms with Crippen molar-refractivity contribution in [2.75, 3.05) is 24.6 Å². The van der Waals surface area contributed by atoms with Gasteiger partial charge in [0, 0.05) is 24.5 Å². The van der Waals surface area contributed by atoms with Crippen LogP contribution in [0.15, 0.2) is 0 Å². The zero-order chi connectivity index (χ0) is 14.4. The van der Waals surface area contributed by atoms with Crippen LogP contribution in [0.3, 0.4) is 0 Å². The Bertz CT molecular complexity index is 323. The van der Waals surface area contributed by atoms with Crippen LogP contribution in [0.5, 0.6) is 0 Å². The summed E-state index contributed by atoms with van der Waals surface area (Å²) in [5, 5.41) is 9.16. The minimum Gasteiger partial charge on any atom is -0.480 e. The lowest BCUT2D eigenvalue weighted by Gasteiger charge is -2.33. The molecule has 1 fully saturated rings. The van der Waals surface area contributed by atoms with Crippen molar-refractivity contribution in [1.29, 1.82) is 0 Å². The van der Waals surface area contributed by atoms with E-state index in [0.717, 1.165) is 12.2 Å². The molecule has 1 unspecified atom stereocenters. The van der Waals surface area contributed by atoms with Crippen molar-refractivity contribution in [3.63, 3.8) is 0 Å². The first-order valence-electron chi connectivity index (χ1n) is 6.75. The minimum atomic E-state index is -0.909. The Labute approximate surface area is 118 Å². The van der Waals surface area contributed by atoms with Crippen LogP contribution >= 0.6 is 11.8 Å². The van der Waals surface area contributed by atoms with Gasteiger partial charge in [-0.1, -0.05) is 13.8 Å². The maximum atomic E-state index is 12.3. The fourth-order valence-electron chi connectivity index (χ4n) is 2.40. The molecule has 2 atom stereocenters. The number of carbonyl (C=O) groups excluding carboxylic acids is 1. The van der Waals surface area contributed by atoms with Crippen molar-refractivity contribution in [1.82, 2.24) is 4.90 Å². The molecule has 0 aromatic rings. The molecule has 1 aliphatic heterocycles. The zero-order valence-corrected chi connectivity index (χ0v) is 12.5. The summed E-state index contributed by atoms with van der Waals surface area (Å²) in [6, 6.07) is -0.677. The summed E-state index contributed by atoms with van der Waals surface area (Å²) in [6.07, 6.45) is 1.27. The van der Waals surface area contributed by atoms with Gasteiger partial charge in [-0.15, -0.1) is 0 Å². The molecule has 3 N–H and O–H groups in total. The Morgan fingerprint density at radius 2 is 2.16 bits per heavy atom. The van der Waals surface area contributed by atoms with Crippen molar-refractivity contribution >= 4 is 23.6 Å². The maximum Gasteiger partial charge on any atom is 0.327 e. The molecule has 19 heavy (non-hydrogen) atoms. The molecule has 5 nitrogen and oxygen atoms in total. The third-order valence-corrected chi connectivity index (χ3v) is 4.36. The van der Waals surface area contributed by atoms with E-state index in [4.69, 9.17) is 10.8 Å². The average Bonchev–Trinajstić information content (AvgIpc) is 2.37. The van der Waals surface area contributed by atoms with E-state index >= 15 is 0 Å². The highest BCUT2D eigenvalue weighted by Gasteiger charge is 2.32. The third-order valence-electron chi connectivity index (χ3n) is 3.34. The van der Waals surface area contributed by atoms with Gasteiger partial charge in [-0.25, -0.2) is 4.79 Å². The standard InChI is InChI=1S/C13H24N2O3S/c1-9(2)5-10(7-14)6-12(16)15-3-4-19-8-11(15)13(17)18/h9-11H,3-8,14H2,1-2H3,(H,17,18)/t10-,11?/m0/s1. The smallest absolute Gasteiger partial charge is 0.327 e. The second-order valence-corrected chi connectivity index (χ2v) is 6.60. The number of aliphatic carboxylic acids is 1. The van der Waals surface area contributed by atoms with Gasteiger partial charge in [0.1, 0.15) is 6.04 Å². The molecule has 0 spiro atoms. The molecule has 0 bridgehead atoms. The highest BCUT2D eigenvalue weighted by molar-refractivity contribution is 7.99. The van der Waals surface area contributed by atoms with Gasteiger partial charge >= 0.3 is 5.97 Å². The second kappa shape index (κ2) is 7.75. The first kappa shape index (κ1) is 16.3. The normalized spacial score (nSPS) is 21.5. The molecule has 0 radical (unpaired) electrons. The van der Waals surface area contributed by atoms with Gasteiger partial charge in [-0.3, -0.25) is 4.79 Å². The van der Waals surface area contributed by atoms with E-state index < -0.39 is 12.0 Å². The molecule has 0 saturated carbocycles. The number of carboxylic acids is 1. The molecule has 0 aliphatic carbocycles. The number of hydrogen-bond donors (Lipinski definition) is 2. The van der Waals surface area contributed by atoms with Crippen LogP contribution in [0.4, 0.5) is 0 Å². The Kier molecular flexibility index (Phi) is 6.65. The minimum absolute atomic E-state index is 0.0659. The van der Waals surface area contributed by atoms with Crippen molar-refractivity contribution in [3.8, 4) is 0 Å². The lowest BCUT2D eigenvalue weighted by Crippen LogP contribution is -2.50. The quantitative estimate of drug-likeness (QED) is 0.762. The second-order valence-electron chi connectivity index (χ2n) is 5.45. The summed E-state index contributed by atoms with van der Waals surface area (Å²) < 4.78 is 0. The SMILES string of the molecule is CC(C)C[C@H](CN)CC(=O)N1CCSCC1C(=O)O. The van der Waals surface area contributed by atoms with Gasteiger partial charge < -0.3 is 15.7 Å². The van der Waals surface area contributed by atoms with E-state index in [1.807, 2.05) is 0 Å². The molecular weight excluding hydrogens is 264 g/mol. The fraction of sp³-hybridized carbons (Fsp3) is 0.846. The Hall–Kier alpha value is -0.750. The van der Waals surface area contributed by atoms with Gasteiger partial charge in [0.25, 0.3) is 0 Å². The zero-order valence-electron chi connectivity index (χ0n) is 11.7. The van der Waals surface area contributed by atoms with E-state index in [1.54, 1.807) is 11.8 Å². The van der Waals surface area contributed by atoms with Crippen molar-refractivity contribution in [3.05, 3.63) is 0 Å². The molecule has 1 saturated heterocycles. The number of rotatable bonds is 6. The van der Waals surface area contributed by atoms with Crippen LogP contribution in [-0.4, -0.2) is 52.5 Å². The number of amides is 1. The summed E-state index contributed by atoms with van der Waals surface area (Å²) in [5.41, 5.74) is 5.70. The van der Waals surface area contributed by atoms with Crippen molar-refractivity contribution in [2.24, 2.45) is 17.6 Å². The Morgan fingerprint density at radius 3 is 2.68 bits per heavy atom. The van der Waals surface area contributed by atoms with Gasteiger partial charge in [-0.2, -0.15) is 11.8 Å². The summed E-state index contributed by atoms with van der Waals surface area (Å²) in [4.78, 5) is 24.9. The topological polar surface area (TPSA) is 83.6 Å².